The Hall–Kier alpha value is -1.81. The molecule has 102 valence electrons. The first kappa shape index (κ1) is 13.6. The van der Waals surface area contributed by atoms with E-state index < -0.39 is 0 Å². The number of hydrogen-bond acceptors (Lipinski definition) is 3. The number of rotatable bonds is 4. The fourth-order valence-electron chi connectivity index (χ4n) is 2.49. The number of methoxy groups -OCH3 is 1. The zero-order valence-corrected chi connectivity index (χ0v) is 12.2. The minimum atomic E-state index is 0.791. The highest BCUT2D eigenvalue weighted by atomic mass is 16.5. The summed E-state index contributed by atoms with van der Waals surface area (Å²) in [6.07, 6.45) is 2.04. The van der Waals surface area contributed by atoms with Crippen molar-refractivity contribution in [3.8, 4) is 17.0 Å². The van der Waals surface area contributed by atoms with E-state index in [1.54, 1.807) is 7.11 Å². The number of benzene rings is 1. The van der Waals surface area contributed by atoms with Gasteiger partial charge in [-0.25, -0.2) is 0 Å². The minimum Gasteiger partial charge on any atom is -0.496 e. The molecule has 0 radical (unpaired) electrons. The van der Waals surface area contributed by atoms with E-state index in [1.165, 1.54) is 11.1 Å². The van der Waals surface area contributed by atoms with E-state index in [2.05, 4.69) is 36.4 Å². The Balaban J connectivity index is 2.63. The predicted octanol–water partition coefficient (Wildman–Crippen LogP) is 2.43. The highest BCUT2D eigenvalue weighted by molar-refractivity contribution is 5.72. The van der Waals surface area contributed by atoms with E-state index in [4.69, 9.17) is 4.74 Å². The van der Waals surface area contributed by atoms with Crippen LogP contribution in [0.2, 0.25) is 0 Å². The largest absolute Gasteiger partial charge is 0.496 e. The van der Waals surface area contributed by atoms with Crippen LogP contribution in [0.4, 0.5) is 0 Å². The molecule has 1 heterocycles. The molecule has 1 N–H and O–H groups in total. The first-order chi connectivity index (χ1) is 9.06. The first-order valence-corrected chi connectivity index (χ1v) is 6.39. The molecule has 0 atom stereocenters. The van der Waals surface area contributed by atoms with Crippen LogP contribution in [0.3, 0.4) is 0 Å². The average molecular weight is 259 g/mol. The summed E-state index contributed by atoms with van der Waals surface area (Å²) in [5.74, 6) is 0.904. The molecule has 0 aliphatic rings. The van der Waals surface area contributed by atoms with Gasteiger partial charge in [0.1, 0.15) is 11.4 Å². The highest BCUT2D eigenvalue weighted by Gasteiger charge is 2.16. The average Bonchev–Trinajstić information content (AvgIpc) is 2.70. The Morgan fingerprint density at radius 3 is 2.68 bits per heavy atom. The van der Waals surface area contributed by atoms with Crippen molar-refractivity contribution < 1.29 is 4.74 Å². The quantitative estimate of drug-likeness (QED) is 0.916. The third-order valence-electron chi connectivity index (χ3n) is 3.15. The molecule has 4 heteroatoms. The van der Waals surface area contributed by atoms with Gasteiger partial charge in [0, 0.05) is 30.9 Å². The molecule has 0 saturated carbocycles. The van der Waals surface area contributed by atoms with Crippen molar-refractivity contribution in [2.24, 2.45) is 7.05 Å². The van der Waals surface area contributed by atoms with E-state index in [0.29, 0.717) is 0 Å². The zero-order valence-electron chi connectivity index (χ0n) is 12.2. The van der Waals surface area contributed by atoms with E-state index in [1.807, 2.05) is 25.0 Å². The van der Waals surface area contributed by atoms with E-state index in [-0.39, 0.29) is 0 Å². The van der Waals surface area contributed by atoms with Crippen molar-refractivity contribution in [1.29, 1.82) is 0 Å². The monoisotopic (exact) mass is 259 g/mol. The van der Waals surface area contributed by atoms with Crippen LogP contribution in [0, 0.1) is 13.8 Å². The van der Waals surface area contributed by atoms with Crippen LogP contribution < -0.4 is 10.1 Å². The van der Waals surface area contributed by atoms with Gasteiger partial charge in [0.05, 0.1) is 7.11 Å². The molecule has 2 aromatic rings. The topological polar surface area (TPSA) is 39.1 Å². The Morgan fingerprint density at radius 1 is 1.32 bits per heavy atom. The Labute approximate surface area is 114 Å². The SMILES string of the molecule is CNCc1cn(C)nc1-c1cc(C)cc(C)c1OC. The number of ether oxygens (including phenoxy) is 1. The summed E-state index contributed by atoms with van der Waals surface area (Å²) in [5, 5.41) is 7.77. The van der Waals surface area contributed by atoms with Crippen LogP contribution >= 0.6 is 0 Å². The molecule has 2 rings (SSSR count). The van der Waals surface area contributed by atoms with Crippen molar-refractivity contribution >= 4 is 0 Å². The van der Waals surface area contributed by atoms with E-state index in [0.717, 1.165) is 29.1 Å². The molecule has 0 aliphatic heterocycles. The van der Waals surface area contributed by atoms with Crippen molar-refractivity contribution in [3.05, 3.63) is 35.0 Å². The molecule has 0 amide bonds. The molecule has 0 spiro atoms. The third-order valence-corrected chi connectivity index (χ3v) is 3.15. The van der Waals surface area contributed by atoms with Crippen molar-refractivity contribution in [2.75, 3.05) is 14.2 Å². The van der Waals surface area contributed by atoms with Gasteiger partial charge in [0.2, 0.25) is 0 Å². The summed E-state index contributed by atoms with van der Waals surface area (Å²) in [7, 11) is 5.59. The van der Waals surface area contributed by atoms with Gasteiger partial charge >= 0.3 is 0 Å². The maximum absolute atomic E-state index is 5.56. The lowest BCUT2D eigenvalue weighted by atomic mass is 10.0. The number of aromatic nitrogens is 2. The van der Waals surface area contributed by atoms with E-state index in [9.17, 15) is 0 Å². The van der Waals surface area contributed by atoms with Crippen molar-refractivity contribution in [2.45, 2.75) is 20.4 Å². The molecule has 0 unspecified atom stereocenters. The number of nitrogens with zero attached hydrogens (tertiary/aromatic N) is 2. The summed E-state index contributed by atoms with van der Waals surface area (Å²) < 4.78 is 7.40. The van der Waals surface area contributed by atoms with Gasteiger partial charge in [0.15, 0.2) is 0 Å². The fraction of sp³-hybridized carbons (Fsp3) is 0.400. The molecule has 1 aromatic heterocycles. The zero-order chi connectivity index (χ0) is 14.0. The summed E-state index contributed by atoms with van der Waals surface area (Å²) in [4.78, 5) is 0. The summed E-state index contributed by atoms with van der Waals surface area (Å²) >= 11 is 0. The standard InChI is InChI=1S/C15H21N3O/c1-10-6-11(2)15(19-5)13(7-10)14-12(8-16-3)9-18(4)17-14/h6-7,9,16H,8H2,1-5H3. The van der Waals surface area contributed by atoms with Crippen LogP contribution in [0.1, 0.15) is 16.7 Å². The van der Waals surface area contributed by atoms with Crippen LogP contribution in [-0.2, 0) is 13.6 Å². The molecule has 0 aliphatic carbocycles. The second-order valence-electron chi connectivity index (χ2n) is 4.87. The van der Waals surface area contributed by atoms with Gasteiger partial charge in [-0.15, -0.1) is 0 Å². The van der Waals surface area contributed by atoms with Gasteiger partial charge < -0.3 is 10.1 Å². The lowest BCUT2D eigenvalue weighted by Gasteiger charge is -2.12. The lowest BCUT2D eigenvalue weighted by molar-refractivity contribution is 0.413. The smallest absolute Gasteiger partial charge is 0.131 e. The van der Waals surface area contributed by atoms with Crippen molar-refractivity contribution in [1.82, 2.24) is 15.1 Å². The maximum atomic E-state index is 5.56. The summed E-state index contributed by atoms with van der Waals surface area (Å²) in [6, 6.07) is 4.26. The third kappa shape index (κ3) is 2.63. The van der Waals surface area contributed by atoms with Crippen LogP contribution in [0.15, 0.2) is 18.3 Å². The normalized spacial score (nSPS) is 10.8. The summed E-state index contributed by atoms with van der Waals surface area (Å²) in [5.41, 5.74) is 5.58. The molecule has 0 fully saturated rings. The van der Waals surface area contributed by atoms with Crippen LogP contribution in [0.25, 0.3) is 11.3 Å². The van der Waals surface area contributed by atoms with Gasteiger partial charge in [-0.1, -0.05) is 6.07 Å². The Morgan fingerprint density at radius 2 is 2.05 bits per heavy atom. The molecule has 0 saturated heterocycles. The van der Waals surface area contributed by atoms with Gasteiger partial charge in [-0.2, -0.15) is 5.10 Å². The molecular weight excluding hydrogens is 238 g/mol. The minimum absolute atomic E-state index is 0.791. The molecule has 19 heavy (non-hydrogen) atoms. The van der Waals surface area contributed by atoms with Gasteiger partial charge in [-0.05, 0) is 38.1 Å². The van der Waals surface area contributed by atoms with Crippen LogP contribution in [0.5, 0.6) is 5.75 Å². The second kappa shape index (κ2) is 5.45. The maximum Gasteiger partial charge on any atom is 0.131 e. The molecule has 4 nitrogen and oxygen atoms in total. The highest BCUT2D eigenvalue weighted by Crippen LogP contribution is 2.34. The number of nitrogens with one attached hydrogen (secondary N) is 1. The summed E-state index contributed by atoms with van der Waals surface area (Å²) in [6.45, 7) is 4.95. The van der Waals surface area contributed by atoms with Gasteiger partial charge in [-0.3, -0.25) is 4.68 Å². The molecular formula is C15H21N3O. The van der Waals surface area contributed by atoms with Crippen molar-refractivity contribution in [3.63, 3.8) is 0 Å². The first-order valence-electron chi connectivity index (χ1n) is 6.39. The Kier molecular flexibility index (Phi) is 3.90. The number of aryl methyl sites for hydroxylation is 3. The van der Waals surface area contributed by atoms with Crippen LogP contribution in [-0.4, -0.2) is 23.9 Å². The van der Waals surface area contributed by atoms with Gasteiger partial charge in [0.25, 0.3) is 0 Å². The fourth-order valence-corrected chi connectivity index (χ4v) is 2.49. The number of hydrogen-bond donors (Lipinski definition) is 1. The second-order valence-corrected chi connectivity index (χ2v) is 4.87. The predicted molar refractivity (Wildman–Crippen MR) is 77.4 cm³/mol. The molecule has 1 aromatic carbocycles. The van der Waals surface area contributed by atoms with E-state index >= 15 is 0 Å². The molecule has 0 bridgehead atoms. The lowest BCUT2D eigenvalue weighted by Crippen LogP contribution is -2.05. The Bertz CT molecular complexity index is 587.